The van der Waals surface area contributed by atoms with Crippen LogP contribution in [0.1, 0.15) is 11.3 Å². The van der Waals surface area contributed by atoms with E-state index in [-0.39, 0.29) is 5.75 Å². The van der Waals surface area contributed by atoms with Crippen molar-refractivity contribution in [2.45, 2.75) is 11.5 Å². The number of nitrogens with zero attached hydrogens (tertiary/aromatic N) is 4. The van der Waals surface area contributed by atoms with Crippen molar-refractivity contribution in [2.24, 2.45) is 5.10 Å². The number of nitrogens with one attached hydrogen (secondary N) is 1. The van der Waals surface area contributed by atoms with Crippen LogP contribution >= 0.6 is 0 Å². The first kappa shape index (κ1) is 19.8. The van der Waals surface area contributed by atoms with Crippen molar-refractivity contribution in [1.82, 2.24) is 20.6 Å². The van der Waals surface area contributed by atoms with Gasteiger partial charge in [0.25, 0.3) is 0 Å². The number of rotatable bonds is 6. The molecule has 150 valence electrons. The Kier molecular flexibility index (Phi) is 5.13. The predicted octanol–water partition coefficient (Wildman–Crippen LogP) is 1.96. The number of hydrazone groups is 1. The zero-order chi connectivity index (χ0) is 20.5. The van der Waals surface area contributed by atoms with Crippen LogP contribution in [0.3, 0.4) is 0 Å². The third kappa shape index (κ3) is 3.45. The Morgan fingerprint density at radius 2 is 1.96 bits per heavy atom. The van der Waals surface area contributed by atoms with Gasteiger partial charge in [0.2, 0.25) is 0 Å². The first-order chi connectivity index (χ1) is 13.2. The Labute approximate surface area is 157 Å². The average Bonchev–Trinajstić information content (AvgIpc) is 3.06. The second-order valence-electron chi connectivity index (χ2n) is 6.12. The minimum Gasteiger partial charge on any atom is -0.495 e. The zero-order valence-corrected chi connectivity index (χ0v) is 14.9. The summed E-state index contributed by atoms with van der Waals surface area (Å²) >= 11 is 0. The molecule has 0 radical (unpaired) electrons. The molecule has 7 nitrogen and oxygen atoms in total. The van der Waals surface area contributed by atoms with Gasteiger partial charge in [-0.25, -0.2) is 13.9 Å². The van der Waals surface area contributed by atoms with E-state index < -0.39 is 41.0 Å². The summed E-state index contributed by atoms with van der Waals surface area (Å²) in [5.41, 5.74) is -2.15. The van der Waals surface area contributed by atoms with Crippen LogP contribution in [0, 0.1) is 11.6 Å². The number of β-amino-alcohol motifs (C(OH)–C–C–N with tert-alkyl or cyclic N) is 1. The lowest BCUT2D eigenvalue weighted by molar-refractivity contribution is -0.207. The third-order valence-electron chi connectivity index (χ3n) is 4.23. The van der Waals surface area contributed by atoms with Crippen LogP contribution in [0.4, 0.5) is 17.6 Å². The highest BCUT2D eigenvalue weighted by molar-refractivity contribution is 5.55. The van der Waals surface area contributed by atoms with Gasteiger partial charge >= 0.3 is 5.92 Å². The SMILES string of the molecule is COc1ccc(C(F)(F)C(O)(CN2C=NN(C)N2)c2ccc(F)cc2F)nc1. The van der Waals surface area contributed by atoms with Gasteiger partial charge < -0.3 is 9.84 Å². The van der Waals surface area contributed by atoms with Crippen molar-refractivity contribution < 1.29 is 27.4 Å². The second kappa shape index (κ2) is 7.24. The molecule has 28 heavy (non-hydrogen) atoms. The van der Waals surface area contributed by atoms with Crippen LogP contribution in [0.5, 0.6) is 5.75 Å². The lowest BCUT2D eigenvalue weighted by Crippen LogP contribution is -2.55. The van der Waals surface area contributed by atoms with E-state index in [2.05, 4.69) is 15.6 Å². The van der Waals surface area contributed by atoms with Gasteiger partial charge in [-0.2, -0.15) is 8.78 Å². The van der Waals surface area contributed by atoms with E-state index >= 15 is 8.78 Å². The molecule has 0 aliphatic carbocycles. The molecule has 0 amide bonds. The number of aliphatic hydroxyl groups is 1. The number of aromatic nitrogens is 1. The minimum atomic E-state index is -4.06. The van der Waals surface area contributed by atoms with E-state index in [9.17, 15) is 13.9 Å². The van der Waals surface area contributed by atoms with Crippen LogP contribution in [-0.2, 0) is 11.5 Å². The summed E-state index contributed by atoms with van der Waals surface area (Å²) in [5.74, 6) is -6.12. The van der Waals surface area contributed by atoms with Gasteiger partial charge in [-0.3, -0.25) is 9.99 Å². The van der Waals surface area contributed by atoms with Gasteiger partial charge in [-0.05, 0) is 24.3 Å². The molecule has 1 aliphatic heterocycles. The quantitative estimate of drug-likeness (QED) is 0.724. The third-order valence-corrected chi connectivity index (χ3v) is 4.23. The molecule has 0 fully saturated rings. The molecule has 3 rings (SSSR count). The van der Waals surface area contributed by atoms with Crippen molar-refractivity contribution in [2.75, 3.05) is 20.7 Å². The van der Waals surface area contributed by atoms with Crippen molar-refractivity contribution in [1.29, 1.82) is 0 Å². The molecule has 0 spiro atoms. The van der Waals surface area contributed by atoms with Gasteiger partial charge in [0.15, 0.2) is 5.60 Å². The lowest BCUT2D eigenvalue weighted by Gasteiger charge is -2.38. The number of methoxy groups -OCH3 is 1. The molecule has 2 N–H and O–H groups in total. The summed E-state index contributed by atoms with van der Waals surface area (Å²) in [6.07, 6.45) is 2.19. The monoisotopic (exact) mass is 399 g/mol. The summed E-state index contributed by atoms with van der Waals surface area (Å²) in [7, 11) is 2.84. The fraction of sp³-hybridized carbons (Fsp3) is 0.294. The summed E-state index contributed by atoms with van der Waals surface area (Å²) in [6.45, 7) is -0.815. The van der Waals surface area contributed by atoms with E-state index in [4.69, 9.17) is 4.74 Å². The summed E-state index contributed by atoms with van der Waals surface area (Å²) in [4.78, 5) is 3.64. The molecule has 2 heterocycles. The molecule has 1 atom stereocenters. The van der Waals surface area contributed by atoms with Crippen LogP contribution < -0.4 is 10.3 Å². The highest BCUT2D eigenvalue weighted by atomic mass is 19.3. The van der Waals surface area contributed by atoms with Crippen LogP contribution in [0.25, 0.3) is 0 Å². The van der Waals surface area contributed by atoms with E-state index in [1.807, 2.05) is 0 Å². The van der Waals surface area contributed by atoms with E-state index in [1.165, 1.54) is 25.3 Å². The predicted molar refractivity (Wildman–Crippen MR) is 91.0 cm³/mol. The van der Waals surface area contributed by atoms with E-state index in [0.29, 0.717) is 6.07 Å². The number of hydrazine groups is 2. The molecule has 1 aromatic heterocycles. The molecular formula is C17H17F4N5O2. The van der Waals surface area contributed by atoms with E-state index in [1.54, 1.807) is 0 Å². The van der Waals surface area contributed by atoms with Crippen molar-refractivity contribution in [3.05, 3.63) is 59.4 Å². The zero-order valence-electron chi connectivity index (χ0n) is 14.9. The molecule has 1 aliphatic rings. The topological polar surface area (TPSA) is 73.2 Å². The number of alkyl halides is 2. The van der Waals surface area contributed by atoms with Gasteiger partial charge in [0, 0.05) is 18.7 Å². The Morgan fingerprint density at radius 1 is 1.21 bits per heavy atom. The largest absolute Gasteiger partial charge is 0.495 e. The normalized spacial score (nSPS) is 16.4. The fourth-order valence-electron chi connectivity index (χ4n) is 2.78. The number of hydrogen-bond acceptors (Lipinski definition) is 7. The van der Waals surface area contributed by atoms with Crippen molar-refractivity contribution in [3.8, 4) is 5.75 Å². The Morgan fingerprint density at radius 3 is 2.50 bits per heavy atom. The first-order valence-electron chi connectivity index (χ1n) is 8.04. The second-order valence-corrected chi connectivity index (χ2v) is 6.12. The molecular weight excluding hydrogens is 382 g/mol. The smallest absolute Gasteiger partial charge is 0.323 e. The highest BCUT2D eigenvalue weighted by Crippen LogP contribution is 2.46. The molecule has 0 saturated carbocycles. The first-order valence-corrected chi connectivity index (χ1v) is 8.04. The van der Waals surface area contributed by atoms with Crippen LogP contribution in [-0.4, -0.2) is 47.3 Å². The van der Waals surface area contributed by atoms with Crippen LogP contribution in [0.15, 0.2) is 41.6 Å². The number of pyridine rings is 1. The van der Waals surface area contributed by atoms with Gasteiger partial charge in [0.05, 0.1) is 19.9 Å². The number of hydrogen-bond donors (Lipinski definition) is 2. The summed E-state index contributed by atoms with van der Waals surface area (Å²) < 4.78 is 63.5. The minimum absolute atomic E-state index is 0.228. The standard InChI is InChI=1S/C17H17F4N5O2/c1-25-23-10-26(24-25)9-16(27,13-5-3-11(18)7-14(13)19)17(20,21)15-6-4-12(28-2)8-22-15/h3-8,10,24,27H,9H2,1-2H3. The Bertz CT molecular complexity index is 880. The molecule has 11 heteroatoms. The maximum Gasteiger partial charge on any atom is 0.323 e. The molecule has 0 bridgehead atoms. The number of ether oxygens (including phenoxy) is 1. The van der Waals surface area contributed by atoms with Gasteiger partial charge in [-0.15, -0.1) is 10.6 Å². The van der Waals surface area contributed by atoms with Gasteiger partial charge in [0.1, 0.15) is 29.4 Å². The fourth-order valence-corrected chi connectivity index (χ4v) is 2.78. The molecule has 0 saturated heterocycles. The lowest BCUT2D eigenvalue weighted by atomic mass is 9.84. The molecule has 1 unspecified atom stereocenters. The Balaban J connectivity index is 2.09. The maximum absolute atomic E-state index is 15.4. The summed E-state index contributed by atoms with van der Waals surface area (Å²) in [5, 5.41) is 17.1. The average molecular weight is 399 g/mol. The number of halogens is 4. The molecule has 1 aromatic carbocycles. The number of benzene rings is 1. The summed E-state index contributed by atoms with van der Waals surface area (Å²) in [6, 6.07) is 4.19. The van der Waals surface area contributed by atoms with Gasteiger partial charge in [-0.1, -0.05) is 0 Å². The maximum atomic E-state index is 15.4. The van der Waals surface area contributed by atoms with Crippen molar-refractivity contribution >= 4 is 6.34 Å². The van der Waals surface area contributed by atoms with Crippen molar-refractivity contribution in [3.63, 3.8) is 0 Å². The highest BCUT2D eigenvalue weighted by Gasteiger charge is 2.58. The van der Waals surface area contributed by atoms with Crippen LogP contribution in [0.2, 0.25) is 0 Å². The van der Waals surface area contributed by atoms with E-state index in [0.717, 1.165) is 35.7 Å². The molecule has 2 aromatic rings. The Hall–Kier alpha value is -2.92.